The maximum absolute atomic E-state index is 12.2. The Morgan fingerprint density at radius 2 is 1.96 bits per heavy atom. The third-order valence-corrected chi connectivity index (χ3v) is 3.62. The molecule has 6 nitrogen and oxygen atoms in total. The lowest BCUT2D eigenvalue weighted by molar-refractivity contribution is 0.0601. The van der Waals surface area contributed by atoms with Gasteiger partial charge >= 0.3 is 5.97 Å². The first kappa shape index (κ1) is 18.4. The lowest BCUT2D eigenvalue weighted by atomic mass is 10.1. The van der Waals surface area contributed by atoms with Gasteiger partial charge in [-0.25, -0.2) is 9.78 Å². The van der Waals surface area contributed by atoms with Crippen LogP contribution in [-0.2, 0) is 4.74 Å². The van der Waals surface area contributed by atoms with E-state index in [-0.39, 0.29) is 5.91 Å². The number of ether oxygens (including phenoxy) is 1. The van der Waals surface area contributed by atoms with E-state index < -0.39 is 5.97 Å². The van der Waals surface area contributed by atoms with E-state index in [4.69, 9.17) is 4.74 Å². The average molecular weight is 341 g/mol. The molecule has 1 amide bonds. The van der Waals surface area contributed by atoms with E-state index in [1.807, 2.05) is 0 Å². The number of benzene rings is 1. The average Bonchev–Trinajstić information content (AvgIpc) is 2.61. The number of hydrogen-bond acceptors (Lipinski definition) is 5. The van der Waals surface area contributed by atoms with Crippen LogP contribution < -0.4 is 10.6 Å². The molecule has 0 atom stereocenters. The second kappa shape index (κ2) is 8.82. The highest BCUT2D eigenvalue weighted by Crippen LogP contribution is 2.20. The second-order valence-electron chi connectivity index (χ2n) is 6.03. The minimum Gasteiger partial charge on any atom is -0.465 e. The van der Waals surface area contributed by atoms with Crippen LogP contribution in [0.5, 0.6) is 0 Å². The van der Waals surface area contributed by atoms with Gasteiger partial charge in [0.15, 0.2) is 0 Å². The largest absolute Gasteiger partial charge is 0.465 e. The number of rotatable bonds is 7. The van der Waals surface area contributed by atoms with E-state index in [0.29, 0.717) is 35.1 Å². The Balaban J connectivity index is 2.12. The normalized spacial score (nSPS) is 10.4. The second-order valence-corrected chi connectivity index (χ2v) is 6.03. The molecule has 6 heteroatoms. The third-order valence-electron chi connectivity index (χ3n) is 3.62. The van der Waals surface area contributed by atoms with Crippen LogP contribution in [0, 0.1) is 5.92 Å². The van der Waals surface area contributed by atoms with Crippen LogP contribution in [0.15, 0.2) is 42.6 Å². The number of para-hydroxylation sites is 1. The van der Waals surface area contributed by atoms with Gasteiger partial charge in [-0.2, -0.15) is 0 Å². The quantitative estimate of drug-likeness (QED) is 0.755. The van der Waals surface area contributed by atoms with Gasteiger partial charge < -0.3 is 15.4 Å². The molecule has 0 bridgehead atoms. The number of nitrogens with zero attached hydrogens (tertiary/aromatic N) is 1. The summed E-state index contributed by atoms with van der Waals surface area (Å²) in [6.07, 6.45) is 2.48. The summed E-state index contributed by atoms with van der Waals surface area (Å²) in [5.74, 6) is 0.427. The summed E-state index contributed by atoms with van der Waals surface area (Å²) in [7, 11) is 1.33. The van der Waals surface area contributed by atoms with Crippen molar-refractivity contribution in [3.63, 3.8) is 0 Å². The van der Waals surface area contributed by atoms with E-state index in [1.165, 1.54) is 7.11 Å². The number of pyridine rings is 1. The van der Waals surface area contributed by atoms with Crippen molar-refractivity contribution in [3.8, 4) is 0 Å². The van der Waals surface area contributed by atoms with Crippen LogP contribution in [0.1, 0.15) is 41.0 Å². The number of hydrogen-bond donors (Lipinski definition) is 2. The minimum atomic E-state index is -0.439. The molecule has 25 heavy (non-hydrogen) atoms. The van der Waals surface area contributed by atoms with Crippen molar-refractivity contribution < 1.29 is 14.3 Å². The first-order valence-corrected chi connectivity index (χ1v) is 8.20. The van der Waals surface area contributed by atoms with E-state index in [2.05, 4.69) is 29.5 Å². The fourth-order valence-electron chi connectivity index (χ4n) is 2.23. The molecule has 0 unspecified atom stereocenters. The number of methoxy groups -OCH3 is 1. The zero-order valence-electron chi connectivity index (χ0n) is 14.7. The molecule has 0 radical (unpaired) electrons. The lowest BCUT2D eigenvalue weighted by Crippen LogP contribution is -2.25. The van der Waals surface area contributed by atoms with Crippen molar-refractivity contribution in [2.24, 2.45) is 5.92 Å². The zero-order chi connectivity index (χ0) is 18.2. The highest BCUT2D eigenvalue weighted by atomic mass is 16.5. The van der Waals surface area contributed by atoms with Gasteiger partial charge in [-0.05, 0) is 36.6 Å². The van der Waals surface area contributed by atoms with E-state index in [9.17, 15) is 9.59 Å². The van der Waals surface area contributed by atoms with Crippen molar-refractivity contribution >= 4 is 23.4 Å². The van der Waals surface area contributed by atoms with Crippen molar-refractivity contribution in [1.82, 2.24) is 10.3 Å². The van der Waals surface area contributed by atoms with Crippen LogP contribution in [0.2, 0.25) is 0 Å². The Kier molecular flexibility index (Phi) is 6.51. The molecule has 0 aliphatic carbocycles. The van der Waals surface area contributed by atoms with E-state index in [1.54, 1.807) is 42.6 Å². The van der Waals surface area contributed by atoms with Crippen LogP contribution >= 0.6 is 0 Å². The molecule has 1 aromatic carbocycles. The molecular formula is C19H23N3O3. The summed E-state index contributed by atoms with van der Waals surface area (Å²) in [6.45, 7) is 4.85. The summed E-state index contributed by atoms with van der Waals surface area (Å²) < 4.78 is 4.78. The molecule has 0 saturated carbocycles. The van der Waals surface area contributed by atoms with Crippen molar-refractivity contribution in [2.45, 2.75) is 20.3 Å². The molecule has 0 saturated heterocycles. The lowest BCUT2D eigenvalue weighted by Gasteiger charge is -2.11. The highest BCUT2D eigenvalue weighted by Gasteiger charge is 2.12. The number of carbonyl (C=O) groups is 2. The number of carbonyl (C=O) groups excluding carboxylic acids is 2. The van der Waals surface area contributed by atoms with Crippen LogP contribution in [0.4, 0.5) is 11.5 Å². The van der Waals surface area contributed by atoms with Crippen molar-refractivity contribution in [1.29, 1.82) is 0 Å². The Labute approximate surface area is 147 Å². The Morgan fingerprint density at radius 3 is 2.68 bits per heavy atom. The molecule has 2 N–H and O–H groups in total. The number of esters is 1. The standard InChI is InChI=1S/C19H23N3O3/c1-13(2)8-10-21-18(23)14-9-11-20-17(12-14)22-16-7-5-4-6-15(16)19(24)25-3/h4-7,9,11-13H,8,10H2,1-3H3,(H,20,22)(H,21,23). The SMILES string of the molecule is COC(=O)c1ccccc1Nc1cc(C(=O)NCCC(C)C)ccn1. The van der Waals surface area contributed by atoms with Gasteiger partial charge in [0.25, 0.3) is 5.91 Å². The smallest absolute Gasteiger partial charge is 0.339 e. The van der Waals surface area contributed by atoms with Gasteiger partial charge in [-0.1, -0.05) is 26.0 Å². The number of amides is 1. The van der Waals surface area contributed by atoms with Crippen LogP contribution in [-0.4, -0.2) is 30.5 Å². The van der Waals surface area contributed by atoms with E-state index in [0.717, 1.165) is 6.42 Å². The minimum absolute atomic E-state index is 0.146. The Morgan fingerprint density at radius 1 is 1.20 bits per heavy atom. The third kappa shape index (κ3) is 5.31. The van der Waals surface area contributed by atoms with Gasteiger partial charge in [-0.3, -0.25) is 4.79 Å². The molecule has 1 aromatic heterocycles. The fraction of sp³-hybridized carbons (Fsp3) is 0.316. The predicted octanol–water partition coefficient (Wildman–Crippen LogP) is 3.39. The molecule has 0 aliphatic heterocycles. The summed E-state index contributed by atoms with van der Waals surface area (Å²) in [5, 5.41) is 5.96. The maximum Gasteiger partial charge on any atom is 0.339 e. The summed E-state index contributed by atoms with van der Waals surface area (Å²) in [5.41, 5.74) is 1.48. The zero-order valence-corrected chi connectivity index (χ0v) is 14.7. The monoisotopic (exact) mass is 341 g/mol. The van der Waals surface area contributed by atoms with Gasteiger partial charge in [0, 0.05) is 18.3 Å². The van der Waals surface area contributed by atoms with Gasteiger partial charge in [0.05, 0.1) is 18.4 Å². The van der Waals surface area contributed by atoms with Crippen LogP contribution in [0.3, 0.4) is 0 Å². The number of anilines is 2. The highest BCUT2D eigenvalue weighted by molar-refractivity contribution is 5.97. The van der Waals surface area contributed by atoms with E-state index >= 15 is 0 Å². The predicted molar refractivity (Wildman–Crippen MR) is 97.1 cm³/mol. The molecule has 132 valence electrons. The molecule has 2 rings (SSSR count). The molecule has 0 fully saturated rings. The molecular weight excluding hydrogens is 318 g/mol. The van der Waals surface area contributed by atoms with Crippen molar-refractivity contribution in [3.05, 3.63) is 53.7 Å². The first-order valence-electron chi connectivity index (χ1n) is 8.20. The Bertz CT molecular complexity index is 744. The fourth-order valence-corrected chi connectivity index (χ4v) is 2.23. The summed E-state index contributed by atoms with van der Waals surface area (Å²) in [6, 6.07) is 10.3. The van der Waals surface area contributed by atoms with Crippen LogP contribution in [0.25, 0.3) is 0 Å². The summed E-state index contributed by atoms with van der Waals surface area (Å²) >= 11 is 0. The summed E-state index contributed by atoms with van der Waals surface area (Å²) in [4.78, 5) is 28.2. The first-order chi connectivity index (χ1) is 12.0. The number of aromatic nitrogens is 1. The van der Waals surface area contributed by atoms with Gasteiger partial charge in [-0.15, -0.1) is 0 Å². The van der Waals surface area contributed by atoms with Gasteiger partial charge in [0.1, 0.15) is 5.82 Å². The molecule has 1 heterocycles. The maximum atomic E-state index is 12.2. The molecule has 0 aliphatic rings. The number of nitrogens with one attached hydrogen (secondary N) is 2. The molecule has 0 spiro atoms. The van der Waals surface area contributed by atoms with Gasteiger partial charge in [0.2, 0.25) is 0 Å². The topological polar surface area (TPSA) is 80.3 Å². The Hall–Kier alpha value is -2.89. The molecule has 2 aromatic rings. The van der Waals surface area contributed by atoms with Crippen molar-refractivity contribution in [2.75, 3.05) is 19.0 Å².